The molecule has 266 valence electrons. The van der Waals surface area contributed by atoms with Crippen molar-refractivity contribution in [2.45, 2.75) is 107 Å². The Hall–Kier alpha value is -2.65. The summed E-state index contributed by atoms with van der Waals surface area (Å²) in [7, 11) is 0. The molecule has 0 radical (unpaired) electrons. The van der Waals surface area contributed by atoms with Crippen LogP contribution >= 0.6 is 0 Å². The molecule has 2 aromatic rings. The second-order valence-electron chi connectivity index (χ2n) is 13.9. The first kappa shape index (κ1) is 36.6. The van der Waals surface area contributed by atoms with Crippen LogP contribution in [0.2, 0.25) is 0 Å². The van der Waals surface area contributed by atoms with Gasteiger partial charge in [-0.15, -0.1) is 0 Å². The van der Waals surface area contributed by atoms with Gasteiger partial charge in [-0.25, -0.2) is 4.79 Å². The smallest absolute Gasteiger partial charge is 0.410 e. The second kappa shape index (κ2) is 16.8. The fourth-order valence-corrected chi connectivity index (χ4v) is 6.49. The maximum absolute atomic E-state index is 12.7. The highest BCUT2D eigenvalue weighted by Crippen LogP contribution is 2.31. The molecular weight excluding hydrogens is 620 g/mol. The van der Waals surface area contributed by atoms with E-state index in [1.165, 1.54) is 0 Å². The lowest BCUT2D eigenvalue weighted by Crippen LogP contribution is -2.56. The van der Waals surface area contributed by atoms with Gasteiger partial charge in [-0.2, -0.15) is 0 Å². The van der Waals surface area contributed by atoms with Gasteiger partial charge in [0.25, 0.3) is 0 Å². The number of ether oxygens (including phenoxy) is 5. The molecule has 12 heteroatoms. The van der Waals surface area contributed by atoms with Gasteiger partial charge in [0.05, 0.1) is 37.6 Å². The van der Waals surface area contributed by atoms with Crippen molar-refractivity contribution in [2.24, 2.45) is 0 Å². The van der Waals surface area contributed by atoms with Gasteiger partial charge in [0.15, 0.2) is 12.6 Å². The summed E-state index contributed by atoms with van der Waals surface area (Å²) in [5.41, 5.74) is 1.03. The molecule has 8 atom stereocenters. The van der Waals surface area contributed by atoms with E-state index in [1.807, 2.05) is 86.3 Å². The normalized spacial score (nSPS) is 26.9. The van der Waals surface area contributed by atoms with Crippen LogP contribution < -0.4 is 0 Å². The first-order valence-corrected chi connectivity index (χ1v) is 17.1. The Balaban J connectivity index is 1.24. The minimum atomic E-state index is -1.23. The van der Waals surface area contributed by atoms with Crippen LogP contribution in [0.5, 0.6) is 0 Å². The van der Waals surface area contributed by atoms with Crippen LogP contribution in [0.1, 0.15) is 70.2 Å². The lowest BCUT2D eigenvalue weighted by atomic mass is 9.97. The molecule has 0 bridgehead atoms. The molecule has 3 aliphatic rings. The molecule has 1 amide bonds. The van der Waals surface area contributed by atoms with E-state index in [0.29, 0.717) is 52.0 Å². The summed E-state index contributed by atoms with van der Waals surface area (Å²) in [6.07, 6.45) is -6.02. The number of aliphatic hydroxyl groups excluding tert-OH is 4. The summed E-state index contributed by atoms with van der Waals surface area (Å²) in [4.78, 5) is 16.3. The Kier molecular flexibility index (Phi) is 12.8. The standard InChI is InChI=1S/C36H52N2O10/c1-36(2,3)48-35(43)37-18-14-26(15-19-37)38(22-27(39)31(41)29-16-20-44-33(46-29)24-10-6-4-7-11-24)23-28(40)32(42)30-17-21-45-34(47-30)25-12-8-5-9-13-25/h4-13,26-34,39-42H,14-23H2,1-3H3/t27-,28-,29+,30+,31+,32+,33?,34?/m0/s1. The van der Waals surface area contributed by atoms with Crippen molar-refractivity contribution >= 4 is 6.09 Å². The second-order valence-corrected chi connectivity index (χ2v) is 13.9. The molecular formula is C36H52N2O10. The number of hydrogen-bond acceptors (Lipinski definition) is 11. The average molecular weight is 673 g/mol. The molecule has 0 spiro atoms. The van der Waals surface area contributed by atoms with E-state index in [9.17, 15) is 25.2 Å². The Morgan fingerprint density at radius 2 is 1.21 bits per heavy atom. The zero-order valence-corrected chi connectivity index (χ0v) is 28.2. The summed E-state index contributed by atoms with van der Waals surface area (Å²) in [5, 5.41) is 45.3. The fraction of sp³-hybridized carbons (Fsp3) is 0.639. The Bertz CT molecular complexity index is 1180. The molecule has 2 unspecified atom stereocenters. The van der Waals surface area contributed by atoms with E-state index in [2.05, 4.69) is 0 Å². The molecule has 0 aromatic heterocycles. The van der Waals surface area contributed by atoms with Gasteiger partial charge < -0.3 is 49.0 Å². The number of nitrogens with zero attached hydrogens (tertiary/aromatic N) is 2. The predicted molar refractivity (Wildman–Crippen MR) is 176 cm³/mol. The molecule has 0 aliphatic carbocycles. The zero-order chi connectivity index (χ0) is 34.3. The van der Waals surface area contributed by atoms with Gasteiger partial charge in [0.1, 0.15) is 17.8 Å². The summed E-state index contributed by atoms with van der Waals surface area (Å²) in [6, 6.07) is 18.7. The number of amides is 1. The molecule has 2 aromatic carbocycles. The summed E-state index contributed by atoms with van der Waals surface area (Å²) < 4.78 is 29.3. The average Bonchev–Trinajstić information content (AvgIpc) is 3.10. The molecule has 3 fully saturated rings. The van der Waals surface area contributed by atoms with E-state index < -0.39 is 54.8 Å². The number of aliphatic hydroxyl groups is 4. The van der Waals surface area contributed by atoms with Crippen molar-refractivity contribution in [2.75, 3.05) is 39.4 Å². The molecule has 3 heterocycles. The molecule has 3 saturated heterocycles. The molecule has 4 N–H and O–H groups in total. The highest BCUT2D eigenvalue weighted by molar-refractivity contribution is 5.68. The van der Waals surface area contributed by atoms with Crippen molar-refractivity contribution < 1.29 is 48.9 Å². The lowest BCUT2D eigenvalue weighted by molar-refractivity contribution is -0.249. The summed E-state index contributed by atoms with van der Waals surface area (Å²) >= 11 is 0. The molecule has 5 rings (SSSR count). The van der Waals surface area contributed by atoms with Crippen molar-refractivity contribution in [3.63, 3.8) is 0 Å². The summed E-state index contributed by atoms with van der Waals surface area (Å²) in [6.45, 7) is 7.09. The van der Waals surface area contributed by atoms with Crippen LogP contribution in [-0.2, 0) is 23.7 Å². The van der Waals surface area contributed by atoms with E-state index in [-0.39, 0.29) is 25.2 Å². The van der Waals surface area contributed by atoms with E-state index in [0.717, 1.165) is 11.1 Å². The zero-order valence-electron chi connectivity index (χ0n) is 28.2. The highest BCUT2D eigenvalue weighted by Gasteiger charge is 2.39. The Morgan fingerprint density at radius 1 is 0.771 bits per heavy atom. The maximum atomic E-state index is 12.7. The first-order chi connectivity index (χ1) is 23.0. The van der Waals surface area contributed by atoms with Crippen molar-refractivity contribution in [1.29, 1.82) is 0 Å². The van der Waals surface area contributed by atoms with Crippen molar-refractivity contribution in [3.8, 4) is 0 Å². The van der Waals surface area contributed by atoms with Crippen LogP contribution in [0.4, 0.5) is 4.79 Å². The minimum absolute atomic E-state index is 0.0139. The molecule has 12 nitrogen and oxygen atoms in total. The quantitative estimate of drug-likeness (QED) is 0.279. The SMILES string of the molecule is CC(C)(C)OC(=O)N1CCC(N(C[C@H](O)[C@@H](O)[C@H]2CCOC(c3ccccc3)O2)C[C@H](O)[C@@H](O)[C@H]2CCOC(c3ccccc3)O2)CC1. The predicted octanol–water partition coefficient (Wildman–Crippen LogP) is 3.14. The number of likely N-dealkylation sites (tertiary alicyclic amines) is 1. The van der Waals surface area contributed by atoms with Gasteiger partial charge in [0.2, 0.25) is 0 Å². The van der Waals surface area contributed by atoms with E-state index in [4.69, 9.17) is 23.7 Å². The monoisotopic (exact) mass is 672 g/mol. The van der Waals surface area contributed by atoms with Crippen molar-refractivity contribution in [3.05, 3.63) is 71.8 Å². The van der Waals surface area contributed by atoms with Crippen LogP contribution in [0.25, 0.3) is 0 Å². The lowest BCUT2D eigenvalue weighted by Gasteiger charge is -2.42. The van der Waals surface area contributed by atoms with Crippen LogP contribution in [0, 0.1) is 0 Å². The number of carbonyl (C=O) groups is 1. The van der Waals surface area contributed by atoms with Gasteiger partial charge in [-0.3, -0.25) is 4.90 Å². The Labute approximate surface area is 283 Å². The number of rotatable bonds is 11. The highest BCUT2D eigenvalue weighted by atomic mass is 16.7. The fourth-order valence-electron chi connectivity index (χ4n) is 6.49. The number of piperidine rings is 1. The third-order valence-electron chi connectivity index (χ3n) is 9.11. The number of benzene rings is 2. The first-order valence-electron chi connectivity index (χ1n) is 17.1. The topological polar surface area (TPSA) is 151 Å². The van der Waals surface area contributed by atoms with Crippen LogP contribution in [-0.4, -0.2) is 124 Å². The summed E-state index contributed by atoms with van der Waals surface area (Å²) in [5.74, 6) is 0. The van der Waals surface area contributed by atoms with Gasteiger partial charge >= 0.3 is 6.09 Å². The van der Waals surface area contributed by atoms with E-state index >= 15 is 0 Å². The minimum Gasteiger partial charge on any atom is -0.444 e. The van der Waals surface area contributed by atoms with Crippen LogP contribution in [0.3, 0.4) is 0 Å². The number of hydrogen-bond donors (Lipinski definition) is 4. The van der Waals surface area contributed by atoms with Crippen molar-refractivity contribution in [1.82, 2.24) is 9.80 Å². The molecule has 48 heavy (non-hydrogen) atoms. The number of carbonyl (C=O) groups excluding carboxylic acids is 1. The third-order valence-corrected chi connectivity index (χ3v) is 9.11. The van der Waals surface area contributed by atoms with Gasteiger partial charge in [-0.05, 0) is 46.5 Å². The third kappa shape index (κ3) is 9.96. The van der Waals surface area contributed by atoms with Crippen LogP contribution in [0.15, 0.2) is 60.7 Å². The maximum Gasteiger partial charge on any atom is 0.410 e. The van der Waals surface area contributed by atoms with E-state index in [1.54, 1.807) is 4.90 Å². The Morgan fingerprint density at radius 3 is 1.62 bits per heavy atom. The molecule has 3 aliphatic heterocycles. The molecule has 0 saturated carbocycles. The van der Waals surface area contributed by atoms with Gasteiger partial charge in [-0.1, -0.05) is 60.7 Å². The van der Waals surface area contributed by atoms with Gasteiger partial charge in [0, 0.05) is 43.3 Å². The largest absolute Gasteiger partial charge is 0.444 e.